The minimum atomic E-state index is -0.251. The highest BCUT2D eigenvalue weighted by Crippen LogP contribution is 2.21. The van der Waals surface area contributed by atoms with E-state index in [1.807, 2.05) is 29.2 Å². The average molecular weight is 404 g/mol. The molecule has 1 aromatic carbocycles. The molecule has 1 atom stereocenters. The lowest BCUT2D eigenvalue weighted by atomic mass is 10.00. The van der Waals surface area contributed by atoms with Crippen molar-refractivity contribution in [3.05, 3.63) is 51.2 Å². The fraction of sp³-hybridized carbons (Fsp3) is 0.421. The summed E-state index contributed by atoms with van der Waals surface area (Å²) in [7, 11) is 0. The molecule has 0 unspecified atom stereocenters. The fourth-order valence-corrected chi connectivity index (χ4v) is 3.57. The molecular weight excluding hydrogens is 382 g/mol. The Morgan fingerprint density at radius 2 is 1.96 bits per heavy atom. The van der Waals surface area contributed by atoms with Crippen LogP contribution < -0.4 is 5.56 Å². The molecule has 1 fully saturated rings. The van der Waals surface area contributed by atoms with Gasteiger partial charge in [0.15, 0.2) is 0 Å². The molecule has 5 nitrogen and oxygen atoms in total. The topological polar surface area (TPSA) is 55.2 Å². The number of aromatic nitrogens is 2. The van der Waals surface area contributed by atoms with Crippen molar-refractivity contribution in [2.24, 2.45) is 0 Å². The van der Waals surface area contributed by atoms with Crippen molar-refractivity contribution in [1.29, 1.82) is 0 Å². The number of rotatable bonds is 4. The summed E-state index contributed by atoms with van der Waals surface area (Å²) in [5.74, 6) is -0.0193. The number of likely N-dealkylation sites (tertiary alicyclic amines) is 1. The van der Waals surface area contributed by atoms with Crippen LogP contribution >= 0.6 is 15.9 Å². The molecule has 6 heteroatoms. The molecule has 1 saturated heterocycles. The predicted molar refractivity (Wildman–Crippen MR) is 101 cm³/mol. The molecule has 0 aliphatic carbocycles. The first-order chi connectivity index (χ1) is 12.1. The van der Waals surface area contributed by atoms with Gasteiger partial charge in [0, 0.05) is 28.7 Å². The van der Waals surface area contributed by atoms with Crippen LogP contribution in [0.5, 0.6) is 0 Å². The number of carbonyl (C=O) groups is 1. The van der Waals surface area contributed by atoms with Gasteiger partial charge in [-0.3, -0.25) is 9.59 Å². The summed E-state index contributed by atoms with van der Waals surface area (Å²) in [5.41, 5.74) is 1.35. The molecule has 0 saturated carbocycles. The van der Waals surface area contributed by atoms with Gasteiger partial charge in [0.25, 0.3) is 5.56 Å². The van der Waals surface area contributed by atoms with Crippen LogP contribution in [0, 0.1) is 0 Å². The molecule has 132 valence electrons. The fourth-order valence-electron chi connectivity index (χ4n) is 3.31. The summed E-state index contributed by atoms with van der Waals surface area (Å²) in [6.45, 7) is 2.88. The molecule has 2 heterocycles. The summed E-state index contributed by atoms with van der Waals surface area (Å²) in [5, 5.41) is 4.40. The second-order valence-corrected chi connectivity index (χ2v) is 7.28. The molecule has 3 rings (SSSR count). The Labute approximate surface area is 155 Å². The maximum Gasteiger partial charge on any atom is 0.267 e. The van der Waals surface area contributed by atoms with Gasteiger partial charge in [0.2, 0.25) is 5.91 Å². The monoisotopic (exact) mass is 403 g/mol. The van der Waals surface area contributed by atoms with E-state index in [1.165, 1.54) is 17.2 Å². The van der Waals surface area contributed by atoms with Crippen LogP contribution in [0.1, 0.15) is 32.6 Å². The first-order valence-corrected chi connectivity index (χ1v) is 9.51. The van der Waals surface area contributed by atoms with Gasteiger partial charge in [-0.25, -0.2) is 4.68 Å². The number of amides is 1. The van der Waals surface area contributed by atoms with Gasteiger partial charge in [0.05, 0.1) is 5.69 Å². The lowest BCUT2D eigenvalue weighted by molar-refractivity contribution is -0.135. The summed E-state index contributed by atoms with van der Waals surface area (Å²) in [6.07, 6.45) is 4.19. The Hall–Kier alpha value is -1.95. The van der Waals surface area contributed by atoms with Crippen LogP contribution in [0.15, 0.2) is 45.7 Å². The number of benzene rings is 1. The van der Waals surface area contributed by atoms with Crippen LogP contribution in [0.3, 0.4) is 0 Å². The third-order valence-corrected chi connectivity index (χ3v) is 5.24. The quantitative estimate of drug-likeness (QED) is 0.784. The Kier molecular flexibility index (Phi) is 5.68. The maximum absolute atomic E-state index is 12.7. The predicted octanol–water partition coefficient (Wildman–Crippen LogP) is 3.46. The minimum Gasteiger partial charge on any atom is -0.338 e. The van der Waals surface area contributed by atoms with E-state index in [-0.39, 0.29) is 24.1 Å². The van der Waals surface area contributed by atoms with Crippen molar-refractivity contribution in [1.82, 2.24) is 14.7 Å². The number of hydrogen-bond acceptors (Lipinski definition) is 3. The normalized spacial score (nSPS) is 17.5. The van der Waals surface area contributed by atoms with Gasteiger partial charge in [0.1, 0.15) is 6.54 Å². The van der Waals surface area contributed by atoms with Gasteiger partial charge in [-0.05, 0) is 43.9 Å². The highest BCUT2D eigenvalue weighted by molar-refractivity contribution is 9.10. The molecule has 1 aromatic heterocycles. The SMILES string of the molecule is CC[C@@H]1CCCCN1C(=O)Cn1nc(-c2ccc(Br)cc2)ccc1=O. The number of halogens is 1. The number of carbonyl (C=O) groups excluding carboxylic acids is 1. The Balaban J connectivity index is 1.82. The summed E-state index contributed by atoms with van der Waals surface area (Å²) >= 11 is 3.41. The maximum atomic E-state index is 12.7. The second-order valence-electron chi connectivity index (χ2n) is 6.37. The molecule has 0 spiro atoms. The lowest BCUT2D eigenvalue weighted by Crippen LogP contribution is -2.46. The van der Waals surface area contributed by atoms with Gasteiger partial charge in [-0.1, -0.05) is 35.0 Å². The van der Waals surface area contributed by atoms with Gasteiger partial charge >= 0.3 is 0 Å². The number of hydrogen-bond donors (Lipinski definition) is 0. The second kappa shape index (κ2) is 7.95. The zero-order valence-corrected chi connectivity index (χ0v) is 15.9. The molecule has 0 radical (unpaired) electrons. The van der Waals surface area contributed by atoms with Crippen LogP contribution in [0.2, 0.25) is 0 Å². The Morgan fingerprint density at radius 3 is 2.68 bits per heavy atom. The number of nitrogens with zero attached hydrogens (tertiary/aromatic N) is 3. The number of piperidine rings is 1. The van der Waals surface area contributed by atoms with E-state index in [9.17, 15) is 9.59 Å². The molecule has 0 bridgehead atoms. The van der Waals surface area contributed by atoms with Crippen LogP contribution in [0.4, 0.5) is 0 Å². The van der Waals surface area contributed by atoms with E-state index in [4.69, 9.17) is 0 Å². The van der Waals surface area contributed by atoms with Crippen molar-refractivity contribution in [3.8, 4) is 11.3 Å². The standard InChI is InChI=1S/C19H22BrN3O2/c1-2-16-5-3-4-12-22(16)19(25)13-23-18(24)11-10-17(21-23)14-6-8-15(20)9-7-14/h6-11,16H,2-5,12-13H2,1H3/t16-/m1/s1. The first kappa shape index (κ1) is 17.9. The smallest absolute Gasteiger partial charge is 0.267 e. The van der Waals surface area contributed by atoms with Crippen molar-refractivity contribution >= 4 is 21.8 Å². The zero-order chi connectivity index (χ0) is 17.8. The van der Waals surface area contributed by atoms with E-state index in [1.54, 1.807) is 6.07 Å². The van der Waals surface area contributed by atoms with Crippen LogP contribution in [-0.4, -0.2) is 33.2 Å². The van der Waals surface area contributed by atoms with E-state index in [0.29, 0.717) is 5.69 Å². The highest BCUT2D eigenvalue weighted by Gasteiger charge is 2.25. The van der Waals surface area contributed by atoms with Crippen molar-refractivity contribution in [2.75, 3.05) is 6.54 Å². The Bertz CT molecular complexity index is 801. The molecular formula is C19H22BrN3O2. The third-order valence-electron chi connectivity index (χ3n) is 4.71. The van der Waals surface area contributed by atoms with Crippen molar-refractivity contribution in [3.63, 3.8) is 0 Å². The average Bonchev–Trinajstić information content (AvgIpc) is 2.64. The van der Waals surface area contributed by atoms with E-state index in [2.05, 4.69) is 28.0 Å². The van der Waals surface area contributed by atoms with E-state index >= 15 is 0 Å². The zero-order valence-electron chi connectivity index (χ0n) is 14.3. The first-order valence-electron chi connectivity index (χ1n) is 8.72. The van der Waals surface area contributed by atoms with Gasteiger partial charge in [-0.2, -0.15) is 5.10 Å². The highest BCUT2D eigenvalue weighted by atomic mass is 79.9. The lowest BCUT2D eigenvalue weighted by Gasteiger charge is -2.35. The molecule has 25 heavy (non-hydrogen) atoms. The van der Waals surface area contributed by atoms with Gasteiger partial charge in [-0.15, -0.1) is 0 Å². The van der Waals surface area contributed by atoms with Gasteiger partial charge < -0.3 is 4.90 Å². The van der Waals surface area contributed by atoms with Crippen molar-refractivity contribution < 1.29 is 4.79 Å². The largest absolute Gasteiger partial charge is 0.338 e. The minimum absolute atomic E-state index is 0.000296. The van der Waals surface area contributed by atoms with E-state index in [0.717, 1.165) is 35.8 Å². The van der Waals surface area contributed by atoms with Crippen LogP contribution in [0.25, 0.3) is 11.3 Å². The molecule has 2 aromatic rings. The third kappa shape index (κ3) is 4.18. The Morgan fingerprint density at radius 1 is 1.20 bits per heavy atom. The molecule has 1 aliphatic heterocycles. The molecule has 0 N–H and O–H groups in total. The molecule has 1 amide bonds. The summed E-state index contributed by atoms with van der Waals surface area (Å²) in [4.78, 5) is 26.8. The van der Waals surface area contributed by atoms with Crippen molar-refractivity contribution in [2.45, 2.75) is 45.2 Å². The summed E-state index contributed by atoms with van der Waals surface area (Å²) < 4.78 is 2.26. The molecule has 1 aliphatic rings. The van der Waals surface area contributed by atoms with E-state index < -0.39 is 0 Å². The summed E-state index contributed by atoms with van der Waals surface area (Å²) in [6, 6.07) is 11.2. The van der Waals surface area contributed by atoms with Crippen LogP contribution in [-0.2, 0) is 11.3 Å².